The van der Waals surface area contributed by atoms with Crippen LogP contribution in [0.4, 0.5) is 10.1 Å². The standard InChI is InChI=1S/C16H17FN2/c1-16(2)11-19(14-4-3-9-18-15(14)16)10-12-5-7-13(17)8-6-12/h3-9H,10-11H2,1-2H3. The van der Waals surface area contributed by atoms with Gasteiger partial charge in [0.05, 0.1) is 11.4 Å². The van der Waals surface area contributed by atoms with Gasteiger partial charge in [0.1, 0.15) is 5.82 Å². The van der Waals surface area contributed by atoms with Crippen LogP contribution < -0.4 is 4.90 Å². The average Bonchev–Trinajstić information content (AvgIpc) is 2.65. The summed E-state index contributed by atoms with van der Waals surface area (Å²) in [5, 5.41) is 0. The van der Waals surface area contributed by atoms with Crippen LogP contribution in [-0.2, 0) is 12.0 Å². The molecule has 0 fully saturated rings. The Kier molecular flexibility index (Phi) is 2.77. The zero-order valence-electron chi connectivity index (χ0n) is 11.2. The van der Waals surface area contributed by atoms with Crippen LogP contribution >= 0.6 is 0 Å². The van der Waals surface area contributed by atoms with Crippen molar-refractivity contribution in [2.75, 3.05) is 11.4 Å². The summed E-state index contributed by atoms with van der Waals surface area (Å²) < 4.78 is 12.9. The van der Waals surface area contributed by atoms with Crippen molar-refractivity contribution in [2.24, 2.45) is 0 Å². The quantitative estimate of drug-likeness (QED) is 0.817. The van der Waals surface area contributed by atoms with Crippen LogP contribution in [0.3, 0.4) is 0 Å². The lowest BCUT2D eigenvalue weighted by atomic mass is 9.91. The van der Waals surface area contributed by atoms with Gasteiger partial charge >= 0.3 is 0 Å². The summed E-state index contributed by atoms with van der Waals surface area (Å²) in [7, 11) is 0. The molecule has 0 aliphatic carbocycles. The van der Waals surface area contributed by atoms with Crippen LogP contribution in [-0.4, -0.2) is 11.5 Å². The number of anilines is 1. The van der Waals surface area contributed by atoms with E-state index in [4.69, 9.17) is 0 Å². The van der Waals surface area contributed by atoms with Crippen molar-refractivity contribution in [1.82, 2.24) is 4.98 Å². The Morgan fingerprint density at radius 2 is 1.95 bits per heavy atom. The molecule has 3 heteroatoms. The molecule has 0 spiro atoms. The first-order valence-corrected chi connectivity index (χ1v) is 6.51. The van der Waals surface area contributed by atoms with Crippen LogP contribution in [0.15, 0.2) is 42.6 Å². The highest BCUT2D eigenvalue weighted by molar-refractivity contribution is 5.59. The number of hydrogen-bond acceptors (Lipinski definition) is 2. The highest BCUT2D eigenvalue weighted by Crippen LogP contribution is 2.39. The molecule has 19 heavy (non-hydrogen) atoms. The molecule has 1 aromatic carbocycles. The van der Waals surface area contributed by atoms with Gasteiger partial charge in [-0.05, 0) is 29.8 Å². The van der Waals surface area contributed by atoms with Crippen molar-refractivity contribution in [1.29, 1.82) is 0 Å². The molecule has 0 bridgehead atoms. The summed E-state index contributed by atoms with van der Waals surface area (Å²) >= 11 is 0. The van der Waals surface area contributed by atoms with E-state index in [0.29, 0.717) is 0 Å². The minimum Gasteiger partial charge on any atom is -0.365 e. The van der Waals surface area contributed by atoms with Gasteiger partial charge < -0.3 is 4.90 Å². The van der Waals surface area contributed by atoms with E-state index < -0.39 is 0 Å². The summed E-state index contributed by atoms with van der Waals surface area (Å²) in [5.74, 6) is -0.187. The van der Waals surface area contributed by atoms with E-state index in [1.165, 1.54) is 17.8 Å². The van der Waals surface area contributed by atoms with E-state index in [-0.39, 0.29) is 11.2 Å². The van der Waals surface area contributed by atoms with Gasteiger partial charge in [-0.3, -0.25) is 4.98 Å². The van der Waals surface area contributed by atoms with Gasteiger partial charge in [0, 0.05) is 24.7 Å². The average molecular weight is 256 g/mol. The molecule has 2 heterocycles. The first-order chi connectivity index (χ1) is 9.06. The second-order valence-corrected chi connectivity index (χ2v) is 5.74. The lowest BCUT2D eigenvalue weighted by molar-refractivity contribution is 0.537. The number of fused-ring (bicyclic) bond motifs is 1. The molecular formula is C16H17FN2. The summed E-state index contributed by atoms with van der Waals surface area (Å²) in [5.41, 5.74) is 3.53. The van der Waals surface area contributed by atoms with E-state index >= 15 is 0 Å². The fourth-order valence-corrected chi connectivity index (χ4v) is 2.76. The van der Waals surface area contributed by atoms with Crippen LogP contribution in [0.1, 0.15) is 25.1 Å². The summed E-state index contributed by atoms with van der Waals surface area (Å²) in [6.07, 6.45) is 1.85. The van der Waals surface area contributed by atoms with Crippen molar-refractivity contribution >= 4 is 5.69 Å². The van der Waals surface area contributed by atoms with Gasteiger partial charge in [-0.2, -0.15) is 0 Å². The second kappa shape index (κ2) is 4.34. The van der Waals surface area contributed by atoms with Crippen molar-refractivity contribution in [3.8, 4) is 0 Å². The van der Waals surface area contributed by atoms with Crippen LogP contribution in [0, 0.1) is 5.82 Å². The van der Waals surface area contributed by atoms with Gasteiger partial charge in [0.15, 0.2) is 0 Å². The Bertz CT molecular complexity index is 590. The maximum atomic E-state index is 12.9. The third-order valence-corrected chi connectivity index (χ3v) is 3.64. The minimum absolute atomic E-state index is 0.0661. The Morgan fingerprint density at radius 1 is 1.21 bits per heavy atom. The van der Waals surface area contributed by atoms with E-state index in [9.17, 15) is 4.39 Å². The maximum Gasteiger partial charge on any atom is 0.123 e. The largest absolute Gasteiger partial charge is 0.365 e. The van der Waals surface area contributed by atoms with Gasteiger partial charge in [-0.15, -0.1) is 0 Å². The molecule has 3 rings (SSSR count). The molecule has 0 amide bonds. The number of nitrogens with zero attached hydrogens (tertiary/aromatic N) is 2. The van der Waals surface area contributed by atoms with Crippen molar-refractivity contribution in [3.63, 3.8) is 0 Å². The van der Waals surface area contributed by atoms with Gasteiger partial charge in [0.2, 0.25) is 0 Å². The van der Waals surface area contributed by atoms with Gasteiger partial charge in [-0.1, -0.05) is 26.0 Å². The minimum atomic E-state index is -0.187. The molecule has 0 unspecified atom stereocenters. The molecule has 0 saturated carbocycles. The third kappa shape index (κ3) is 2.21. The number of pyridine rings is 1. The van der Waals surface area contributed by atoms with Gasteiger partial charge in [-0.25, -0.2) is 4.39 Å². The smallest absolute Gasteiger partial charge is 0.123 e. The molecule has 2 nitrogen and oxygen atoms in total. The van der Waals surface area contributed by atoms with E-state index in [1.807, 2.05) is 24.4 Å². The van der Waals surface area contributed by atoms with E-state index in [0.717, 1.165) is 24.3 Å². The molecule has 1 aliphatic rings. The fraction of sp³-hybridized carbons (Fsp3) is 0.312. The molecule has 1 aliphatic heterocycles. The summed E-state index contributed by atoms with van der Waals surface area (Å²) in [6.45, 7) is 6.16. The highest BCUT2D eigenvalue weighted by atomic mass is 19.1. The molecular weight excluding hydrogens is 239 g/mol. The third-order valence-electron chi connectivity index (χ3n) is 3.64. The zero-order valence-corrected chi connectivity index (χ0v) is 11.2. The summed E-state index contributed by atoms with van der Waals surface area (Å²) in [6, 6.07) is 10.8. The second-order valence-electron chi connectivity index (χ2n) is 5.74. The van der Waals surface area contributed by atoms with Crippen LogP contribution in [0.2, 0.25) is 0 Å². The molecule has 0 radical (unpaired) electrons. The van der Waals surface area contributed by atoms with Crippen LogP contribution in [0.25, 0.3) is 0 Å². The topological polar surface area (TPSA) is 16.1 Å². The number of rotatable bonds is 2. The van der Waals surface area contributed by atoms with Gasteiger partial charge in [0.25, 0.3) is 0 Å². The van der Waals surface area contributed by atoms with Crippen LogP contribution in [0.5, 0.6) is 0 Å². The molecule has 0 saturated heterocycles. The van der Waals surface area contributed by atoms with Crippen molar-refractivity contribution in [3.05, 3.63) is 59.7 Å². The molecule has 2 aromatic rings. The number of halogens is 1. The lowest BCUT2D eigenvalue weighted by Gasteiger charge is -2.22. The Morgan fingerprint density at radius 3 is 2.68 bits per heavy atom. The number of aromatic nitrogens is 1. The first kappa shape index (κ1) is 12.2. The molecule has 0 atom stereocenters. The Labute approximate surface area is 112 Å². The normalized spacial score (nSPS) is 16.5. The van der Waals surface area contributed by atoms with Crippen molar-refractivity contribution in [2.45, 2.75) is 25.8 Å². The first-order valence-electron chi connectivity index (χ1n) is 6.51. The SMILES string of the molecule is CC1(C)CN(Cc2ccc(F)cc2)c2cccnc21. The summed E-state index contributed by atoms with van der Waals surface area (Å²) in [4.78, 5) is 6.83. The molecule has 98 valence electrons. The fourth-order valence-electron chi connectivity index (χ4n) is 2.76. The number of benzene rings is 1. The highest BCUT2D eigenvalue weighted by Gasteiger charge is 2.35. The monoisotopic (exact) mass is 256 g/mol. The number of hydrogen-bond donors (Lipinski definition) is 0. The lowest BCUT2D eigenvalue weighted by Crippen LogP contribution is -2.28. The molecule has 1 aromatic heterocycles. The zero-order chi connectivity index (χ0) is 13.5. The predicted octanol–water partition coefficient (Wildman–Crippen LogP) is 3.52. The predicted molar refractivity (Wildman–Crippen MR) is 74.7 cm³/mol. The Balaban J connectivity index is 1.89. The Hall–Kier alpha value is -1.90. The van der Waals surface area contributed by atoms with Crippen molar-refractivity contribution < 1.29 is 4.39 Å². The molecule has 0 N–H and O–H groups in total. The van der Waals surface area contributed by atoms with E-state index in [1.54, 1.807) is 0 Å². The van der Waals surface area contributed by atoms with E-state index in [2.05, 4.69) is 29.8 Å². The maximum absolute atomic E-state index is 12.9.